The van der Waals surface area contributed by atoms with E-state index in [1.807, 2.05) is 0 Å². The number of nitrogens with zero attached hydrogens (tertiary/aromatic N) is 5. The Kier molecular flexibility index (Phi) is 11.2. The second-order valence-corrected chi connectivity index (χ2v) is 27.3. The van der Waals surface area contributed by atoms with Crippen LogP contribution in [0, 0.1) is 0 Å². The standard InChI is InChI=1S/C90H61N5/c1-89(2)76-26-14-10-22-65(76)67-46-39-62(52-78(67)89)94-80-28-16-12-24-69(80)71-41-33-59(50-84(71)94)57-35-43-73-74-44-36-58(60-34-42-72-70-25-13-17-29-81(70)95(85(72)51-60)63-40-47-68-66-23-11-15-27-77(66)90(3,4)79(68)53-63)49-83(74)93(82(73)48-57)61-37-30-56(31-38-61)88-91-86(55-19-6-5-7-20-55)75-45-32-54-18-8-9-21-64(54)87(75)92-88/h5-53H,1-4H3. The lowest BCUT2D eigenvalue weighted by Crippen LogP contribution is -2.15. The Balaban J connectivity index is 0.767. The highest BCUT2D eigenvalue weighted by Gasteiger charge is 2.37. The molecule has 0 radical (unpaired) electrons. The SMILES string of the molecule is CC1(C)c2ccccc2-c2ccc(-n3c4ccccc4c4ccc(-c5ccc6c7ccc(-c8ccc9c%10ccccc%10n(-c%10ccc%11c(c%10)C(C)(C)c%10ccccc%10-%11)c9c8)cc7n(-c7ccc(-c8nc(-c9ccccc9)c9ccc%10ccccc%10c9n8)cc7)c6c5)cc43)cc21. The van der Waals surface area contributed by atoms with Gasteiger partial charge in [-0.2, -0.15) is 0 Å². The Morgan fingerprint density at radius 2 is 0.621 bits per heavy atom. The molecule has 4 heterocycles. The van der Waals surface area contributed by atoms with E-state index in [-0.39, 0.29) is 10.8 Å². The first-order chi connectivity index (χ1) is 46.6. The van der Waals surface area contributed by atoms with Crippen LogP contribution in [-0.4, -0.2) is 23.7 Å². The molecular formula is C90H61N5. The Hall–Kier alpha value is -11.9. The summed E-state index contributed by atoms with van der Waals surface area (Å²) < 4.78 is 7.45. The monoisotopic (exact) mass is 1210 g/mol. The van der Waals surface area contributed by atoms with Crippen molar-refractivity contribution in [3.8, 4) is 84.2 Å². The number of fused-ring (bicyclic) bond motifs is 18. The third kappa shape index (κ3) is 7.78. The normalized spacial score (nSPS) is 13.6. The van der Waals surface area contributed by atoms with Crippen LogP contribution < -0.4 is 0 Å². The molecule has 0 N–H and O–H groups in total. The van der Waals surface area contributed by atoms with Crippen LogP contribution in [0.15, 0.2) is 297 Å². The van der Waals surface area contributed by atoms with Gasteiger partial charge in [0.2, 0.25) is 0 Å². The van der Waals surface area contributed by atoms with Crippen LogP contribution >= 0.6 is 0 Å². The molecule has 0 saturated carbocycles. The number of para-hydroxylation sites is 2. The summed E-state index contributed by atoms with van der Waals surface area (Å²) in [5, 5.41) is 10.6. The van der Waals surface area contributed by atoms with Crippen molar-refractivity contribution in [1.29, 1.82) is 0 Å². The third-order valence-corrected chi connectivity index (χ3v) is 21.5. The zero-order valence-electron chi connectivity index (χ0n) is 53.0. The molecule has 0 fully saturated rings. The highest BCUT2D eigenvalue weighted by Crippen LogP contribution is 2.52. The molecule has 0 atom stereocenters. The molecule has 5 nitrogen and oxygen atoms in total. The average molecular weight is 1210 g/mol. The minimum Gasteiger partial charge on any atom is -0.309 e. The number of benzene rings is 14. The minimum atomic E-state index is -0.129. The van der Waals surface area contributed by atoms with Crippen molar-refractivity contribution in [1.82, 2.24) is 23.7 Å². The molecule has 4 aromatic heterocycles. The molecule has 95 heavy (non-hydrogen) atoms. The zero-order valence-corrected chi connectivity index (χ0v) is 53.0. The highest BCUT2D eigenvalue weighted by molar-refractivity contribution is 6.15. The van der Waals surface area contributed by atoms with Gasteiger partial charge in [-0.3, -0.25) is 0 Å². The largest absolute Gasteiger partial charge is 0.309 e. The smallest absolute Gasteiger partial charge is 0.160 e. The van der Waals surface area contributed by atoms with Crippen molar-refractivity contribution in [2.45, 2.75) is 38.5 Å². The number of aromatic nitrogens is 5. The van der Waals surface area contributed by atoms with E-state index in [4.69, 9.17) is 9.97 Å². The van der Waals surface area contributed by atoms with Gasteiger partial charge in [-0.25, -0.2) is 9.97 Å². The molecule has 2 aliphatic rings. The Morgan fingerprint density at radius 3 is 1.13 bits per heavy atom. The summed E-state index contributed by atoms with van der Waals surface area (Å²) in [5.74, 6) is 0.689. The molecule has 0 saturated heterocycles. The molecule has 0 aliphatic heterocycles. The van der Waals surface area contributed by atoms with Gasteiger partial charge in [0.15, 0.2) is 5.82 Å². The van der Waals surface area contributed by atoms with Crippen LogP contribution in [0.1, 0.15) is 49.9 Å². The third-order valence-electron chi connectivity index (χ3n) is 21.5. The first-order valence-electron chi connectivity index (χ1n) is 33.1. The minimum absolute atomic E-state index is 0.129. The molecule has 14 aromatic carbocycles. The predicted molar refractivity (Wildman–Crippen MR) is 397 cm³/mol. The van der Waals surface area contributed by atoms with Gasteiger partial charge in [-0.15, -0.1) is 0 Å². The lowest BCUT2D eigenvalue weighted by atomic mass is 9.82. The van der Waals surface area contributed by atoms with E-state index in [2.05, 4.69) is 339 Å². The Morgan fingerprint density at radius 1 is 0.242 bits per heavy atom. The zero-order chi connectivity index (χ0) is 63.0. The number of hydrogen-bond acceptors (Lipinski definition) is 2. The number of hydrogen-bond donors (Lipinski definition) is 0. The van der Waals surface area contributed by atoms with Gasteiger partial charge in [0.05, 0.1) is 44.3 Å². The molecule has 0 unspecified atom stereocenters. The lowest BCUT2D eigenvalue weighted by molar-refractivity contribution is 0.660. The topological polar surface area (TPSA) is 40.6 Å². The van der Waals surface area contributed by atoms with Crippen LogP contribution in [-0.2, 0) is 10.8 Å². The molecule has 0 bridgehead atoms. The highest BCUT2D eigenvalue weighted by atomic mass is 15.0. The fourth-order valence-electron chi connectivity index (χ4n) is 16.7. The van der Waals surface area contributed by atoms with E-state index in [9.17, 15) is 0 Å². The van der Waals surface area contributed by atoms with Crippen LogP contribution in [0.5, 0.6) is 0 Å². The summed E-state index contributed by atoms with van der Waals surface area (Å²) in [7, 11) is 0. The van der Waals surface area contributed by atoms with Crippen molar-refractivity contribution < 1.29 is 0 Å². The van der Waals surface area contributed by atoms with Crippen LogP contribution in [0.3, 0.4) is 0 Å². The summed E-state index contributed by atoms with van der Waals surface area (Å²) in [6, 6.07) is 110. The van der Waals surface area contributed by atoms with Crippen molar-refractivity contribution >= 4 is 87.1 Å². The van der Waals surface area contributed by atoms with E-state index in [1.165, 1.54) is 110 Å². The van der Waals surface area contributed by atoms with Crippen molar-refractivity contribution in [2.75, 3.05) is 0 Å². The lowest BCUT2D eigenvalue weighted by Gasteiger charge is -2.22. The Bertz CT molecular complexity index is 6050. The maximum absolute atomic E-state index is 5.40. The summed E-state index contributed by atoms with van der Waals surface area (Å²) in [6.07, 6.45) is 0. The van der Waals surface area contributed by atoms with Gasteiger partial charge in [0.1, 0.15) is 0 Å². The fraction of sp³-hybridized carbons (Fsp3) is 0.0667. The van der Waals surface area contributed by atoms with Gasteiger partial charge < -0.3 is 13.7 Å². The van der Waals surface area contributed by atoms with E-state index in [0.717, 1.165) is 77.5 Å². The van der Waals surface area contributed by atoms with Gasteiger partial charge in [0, 0.05) is 82.1 Å². The van der Waals surface area contributed by atoms with Crippen LogP contribution in [0.25, 0.3) is 171 Å². The molecule has 2 aliphatic carbocycles. The molecule has 20 rings (SSSR count). The second kappa shape index (κ2) is 19.8. The van der Waals surface area contributed by atoms with Gasteiger partial charge >= 0.3 is 0 Å². The summed E-state index contributed by atoms with van der Waals surface area (Å²) in [5.41, 5.74) is 29.4. The van der Waals surface area contributed by atoms with Crippen molar-refractivity contribution in [3.05, 3.63) is 320 Å². The molecule has 18 aromatic rings. The van der Waals surface area contributed by atoms with E-state index < -0.39 is 0 Å². The Labute approximate surface area is 549 Å². The quantitative estimate of drug-likeness (QED) is 0.149. The molecule has 446 valence electrons. The van der Waals surface area contributed by atoms with E-state index >= 15 is 0 Å². The fourth-order valence-corrected chi connectivity index (χ4v) is 16.7. The second-order valence-electron chi connectivity index (χ2n) is 27.3. The molecule has 0 spiro atoms. The first-order valence-corrected chi connectivity index (χ1v) is 33.1. The van der Waals surface area contributed by atoms with Crippen molar-refractivity contribution in [3.63, 3.8) is 0 Å². The van der Waals surface area contributed by atoms with Gasteiger partial charge in [-0.05, 0) is 163 Å². The summed E-state index contributed by atoms with van der Waals surface area (Å²) in [4.78, 5) is 10.8. The van der Waals surface area contributed by atoms with Crippen LogP contribution in [0.2, 0.25) is 0 Å². The average Bonchev–Trinajstić information content (AvgIpc) is 1.60. The van der Waals surface area contributed by atoms with Gasteiger partial charge in [0.25, 0.3) is 0 Å². The van der Waals surface area contributed by atoms with Crippen molar-refractivity contribution in [2.24, 2.45) is 0 Å². The van der Waals surface area contributed by atoms with Crippen LogP contribution in [0.4, 0.5) is 0 Å². The number of rotatable bonds is 7. The molecule has 0 amide bonds. The molecular weight excluding hydrogens is 1150 g/mol. The summed E-state index contributed by atoms with van der Waals surface area (Å²) in [6.45, 7) is 9.48. The summed E-state index contributed by atoms with van der Waals surface area (Å²) >= 11 is 0. The van der Waals surface area contributed by atoms with E-state index in [1.54, 1.807) is 0 Å². The van der Waals surface area contributed by atoms with Gasteiger partial charge in [-0.1, -0.05) is 234 Å². The molecule has 5 heteroatoms. The predicted octanol–water partition coefficient (Wildman–Crippen LogP) is 23.4. The van der Waals surface area contributed by atoms with E-state index in [0.29, 0.717) is 5.82 Å². The first kappa shape index (κ1) is 53.7. The maximum Gasteiger partial charge on any atom is 0.160 e. The maximum atomic E-state index is 5.40.